The summed E-state index contributed by atoms with van der Waals surface area (Å²) >= 11 is 0. The number of aliphatic carboxylic acids is 1. The van der Waals surface area contributed by atoms with Gasteiger partial charge in [-0.2, -0.15) is 5.10 Å². The molecule has 0 saturated heterocycles. The summed E-state index contributed by atoms with van der Waals surface area (Å²) in [5.74, 6) is -0.569. The molecule has 0 spiro atoms. The molecule has 8 nitrogen and oxygen atoms in total. The molecule has 9 heteroatoms. The number of nitrogens with zero attached hydrogens (tertiary/aromatic N) is 1. The molecule has 0 radical (unpaired) electrons. The molecule has 0 bridgehead atoms. The first-order chi connectivity index (χ1) is 9.92. The molecular formula is C12H13N3O5S. The Balaban J connectivity index is 2.43. The number of anilines is 1. The van der Waals surface area contributed by atoms with Crippen LogP contribution in [0, 0.1) is 0 Å². The molecule has 1 aromatic heterocycles. The molecule has 0 aliphatic carbocycles. The second-order valence-corrected chi connectivity index (χ2v) is 5.77. The number of benzene rings is 1. The third-order valence-electron chi connectivity index (χ3n) is 2.64. The third-order valence-corrected chi connectivity index (χ3v) is 4.11. The van der Waals surface area contributed by atoms with Crippen molar-refractivity contribution in [2.24, 2.45) is 0 Å². The number of methoxy groups -OCH3 is 1. The lowest BCUT2D eigenvalue weighted by atomic mass is 10.1. The highest BCUT2D eigenvalue weighted by atomic mass is 32.2. The monoisotopic (exact) mass is 311 g/mol. The van der Waals surface area contributed by atoms with E-state index in [1.54, 1.807) is 0 Å². The van der Waals surface area contributed by atoms with Crippen LogP contribution in [0.15, 0.2) is 35.4 Å². The van der Waals surface area contributed by atoms with Gasteiger partial charge in [-0.1, -0.05) is 0 Å². The van der Waals surface area contributed by atoms with Gasteiger partial charge in [-0.3, -0.25) is 14.6 Å². The molecule has 3 N–H and O–H groups in total. The van der Waals surface area contributed by atoms with Gasteiger partial charge in [0.05, 0.1) is 24.6 Å². The summed E-state index contributed by atoms with van der Waals surface area (Å²) in [7, 11) is -2.51. The van der Waals surface area contributed by atoms with Crippen LogP contribution in [-0.2, 0) is 21.2 Å². The van der Waals surface area contributed by atoms with Gasteiger partial charge in [0.15, 0.2) is 0 Å². The lowest BCUT2D eigenvalue weighted by Gasteiger charge is -2.11. The van der Waals surface area contributed by atoms with E-state index in [0.717, 1.165) is 0 Å². The molecule has 0 atom stereocenters. The van der Waals surface area contributed by atoms with Crippen molar-refractivity contribution in [3.63, 3.8) is 0 Å². The van der Waals surface area contributed by atoms with Crippen LogP contribution in [0.1, 0.15) is 5.56 Å². The average Bonchev–Trinajstić information content (AvgIpc) is 2.89. The SMILES string of the molecule is COc1ccc(S(=O)(=O)Nc2ccn[nH]2)c(CC(=O)O)c1. The van der Waals surface area contributed by atoms with Gasteiger partial charge in [0.2, 0.25) is 0 Å². The van der Waals surface area contributed by atoms with E-state index in [9.17, 15) is 13.2 Å². The quantitative estimate of drug-likeness (QED) is 0.727. The van der Waals surface area contributed by atoms with Crippen molar-refractivity contribution in [1.29, 1.82) is 0 Å². The minimum atomic E-state index is -3.92. The van der Waals surface area contributed by atoms with Crippen LogP contribution >= 0.6 is 0 Å². The molecular weight excluding hydrogens is 298 g/mol. The van der Waals surface area contributed by atoms with Crippen LogP contribution in [0.3, 0.4) is 0 Å². The van der Waals surface area contributed by atoms with E-state index < -0.39 is 22.4 Å². The summed E-state index contributed by atoms with van der Waals surface area (Å²) in [6, 6.07) is 5.58. The topological polar surface area (TPSA) is 121 Å². The van der Waals surface area contributed by atoms with Crippen molar-refractivity contribution in [3.05, 3.63) is 36.0 Å². The highest BCUT2D eigenvalue weighted by molar-refractivity contribution is 7.92. The van der Waals surface area contributed by atoms with E-state index in [2.05, 4.69) is 14.9 Å². The van der Waals surface area contributed by atoms with Gasteiger partial charge in [0.25, 0.3) is 10.0 Å². The van der Waals surface area contributed by atoms with Gasteiger partial charge in [-0.05, 0) is 23.8 Å². The maximum atomic E-state index is 12.3. The molecule has 0 aliphatic heterocycles. The van der Waals surface area contributed by atoms with E-state index >= 15 is 0 Å². The van der Waals surface area contributed by atoms with Gasteiger partial charge in [0.1, 0.15) is 11.6 Å². The second kappa shape index (κ2) is 5.83. The predicted molar refractivity (Wildman–Crippen MR) is 73.7 cm³/mol. The van der Waals surface area contributed by atoms with E-state index in [1.807, 2.05) is 0 Å². The molecule has 1 aromatic carbocycles. The Kier molecular flexibility index (Phi) is 4.13. The number of aromatic amines is 1. The molecule has 1 heterocycles. The van der Waals surface area contributed by atoms with Crippen LogP contribution in [0.4, 0.5) is 5.82 Å². The standard InChI is InChI=1S/C12H13N3O5S/c1-20-9-2-3-10(8(6-9)7-12(16)17)21(18,19)15-11-4-5-13-14-11/h2-6H,7H2,1H3,(H,16,17)(H2,13,14,15). The number of sulfonamides is 1. The van der Waals surface area contributed by atoms with Crippen molar-refractivity contribution in [1.82, 2.24) is 10.2 Å². The number of carbonyl (C=O) groups is 1. The smallest absolute Gasteiger partial charge is 0.307 e. The molecule has 21 heavy (non-hydrogen) atoms. The summed E-state index contributed by atoms with van der Waals surface area (Å²) < 4.78 is 31.9. The molecule has 112 valence electrons. The Labute approximate surface area is 120 Å². The molecule has 2 aromatic rings. The fourth-order valence-corrected chi connectivity index (χ4v) is 3.00. The van der Waals surface area contributed by atoms with E-state index in [0.29, 0.717) is 5.75 Å². The summed E-state index contributed by atoms with van der Waals surface area (Å²) in [5, 5.41) is 15.0. The number of rotatable bonds is 6. The van der Waals surface area contributed by atoms with E-state index in [-0.39, 0.29) is 16.3 Å². The number of aromatic nitrogens is 2. The number of ether oxygens (including phenoxy) is 1. The van der Waals surface area contributed by atoms with Crippen LogP contribution in [0.5, 0.6) is 5.75 Å². The molecule has 0 aliphatic rings. The summed E-state index contributed by atoms with van der Waals surface area (Å²) in [6.45, 7) is 0. The molecule has 0 unspecified atom stereocenters. The number of H-pyrrole nitrogens is 1. The Morgan fingerprint density at radius 3 is 2.76 bits per heavy atom. The Morgan fingerprint density at radius 2 is 2.19 bits per heavy atom. The highest BCUT2D eigenvalue weighted by Gasteiger charge is 2.21. The van der Waals surface area contributed by atoms with Crippen molar-refractivity contribution >= 4 is 21.8 Å². The average molecular weight is 311 g/mol. The van der Waals surface area contributed by atoms with E-state index in [4.69, 9.17) is 9.84 Å². The van der Waals surface area contributed by atoms with Gasteiger partial charge in [-0.15, -0.1) is 0 Å². The normalized spacial score (nSPS) is 11.1. The molecule has 2 rings (SSSR count). The first kappa shape index (κ1) is 14.9. The zero-order chi connectivity index (χ0) is 15.5. The highest BCUT2D eigenvalue weighted by Crippen LogP contribution is 2.24. The predicted octanol–water partition coefficient (Wildman–Crippen LogP) is 0.846. The zero-order valence-electron chi connectivity index (χ0n) is 11.0. The lowest BCUT2D eigenvalue weighted by molar-refractivity contribution is -0.136. The van der Waals surface area contributed by atoms with Gasteiger partial charge >= 0.3 is 5.97 Å². The van der Waals surface area contributed by atoms with Crippen molar-refractivity contribution in [3.8, 4) is 5.75 Å². The van der Waals surface area contributed by atoms with Crippen molar-refractivity contribution in [2.75, 3.05) is 11.8 Å². The van der Waals surface area contributed by atoms with Gasteiger partial charge < -0.3 is 9.84 Å². The fraction of sp³-hybridized carbons (Fsp3) is 0.167. The maximum Gasteiger partial charge on any atom is 0.307 e. The van der Waals surface area contributed by atoms with Crippen LogP contribution in [-0.4, -0.2) is 36.8 Å². The number of carboxylic acids is 1. The van der Waals surface area contributed by atoms with Gasteiger partial charge in [0, 0.05) is 6.07 Å². The van der Waals surface area contributed by atoms with Crippen molar-refractivity contribution in [2.45, 2.75) is 11.3 Å². The summed E-state index contributed by atoms with van der Waals surface area (Å²) in [6.07, 6.45) is 0.959. The molecule has 0 saturated carbocycles. The largest absolute Gasteiger partial charge is 0.497 e. The number of carboxylic acid groups (broad SMARTS) is 1. The number of nitrogens with one attached hydrogen (secondary N) is 2. The van der Waals surface area contributed by atoms with E-state index in [1.165, 1.54) is 37.6 Å². The minimum Gasteiger partial charge on any atom is -0.497 e. The lowest BCUT2D eigenvalue weighted by Crippen LogP contribution is -2.16. The fourth-order valence-electron chi connectivity index (χ4n) is 1.76. The molecule has 0 fully saturated rings. The van der Waals surface area contributed by atoms with Crippen molar-refractivity contribution < 1.29 is 23.1 Å². The summed E-state index contributed by atoms with van der Waals surface area (Å²) in [4.78, 5) is 10.8. The number of hydrogen-bond donors (Lipinski definition) is 3. The summed E-state index contributed by atoms with van der Waals surface area (Å²) in [5.41, 5.74) is 0.133. The van der Waals surface area contributed by atoms with Crippen LogP contribution < -0.4 is 9.46 Å². The second-order valence-electron chi connectivity index (χ2n) is 4.12. The molecule has 0 amide bonds. The van der Waals surface area contributed by atoms with Crippen LogP contribution in [0.25, 0.3) is 0 Å². The van der Waals surface area contributed by atoms with Gasteiger partial charge in [-0.25, -0.2) is 8.42 Å². The Hall–Kier alpha value is -2.55. The first-order valence-electron chi connectivity index (χ1n) is 5.83. The van der Waals surface area contributed by atoms with Crippen LogP contribution in [0.2, 0.25) is 0 Å². The Bertz CT molecular complexity index is 740. The first-order valence-corrected chi connectivity index (χ1v) is 7.31. The zero-order valence-corrected chi connectivity index (χ0v) is 11.8. The maximum absolute atomic E-state index is 12.3. The minimum absolute atomic E-state index is 0.125. The third kappa shape index (κ3) is 3.51. The number of hydrogen-bond acceptors (Lipinski definition) is 5. The Morgan fingerprint density at radius 1 is 1.43 bits per heavy atom.